The fourth-order valence-electron chi connectivity index (χ4n) is 1.31. The van der Waals surface area contributed by atoms with Crippen LogP contribution in [-0.4, -0.2) is 23.8 Å². The van der Waals surface area contributed by atoms with Gasteiger partial charge >= 0.3 is 5.97 Å². The Morgan fingerprint density at radius 1 is 1.56 bits per heavy atom. The molecule has 0 saturated heterocycles. The van der Waals surface area contributed by atoms with Gasteiger partial charge in [-0.1, -0.05) is 6.07 Å². The molecule has 1 rings (SSSR count). The standard InChI is InChI=1S/C11H14N2O4S/c1-17-11(14)4-5-18-7-8-2-3-10(13(15)16)9(12)6-8/h2-3,6H,4-5,7,12H2,1H3. The fourth-order valence-corrected chi connectivity index (χ4v) is 2.18. The van der Waals surface area contributed by atoms with Crippen molar-refractivity contribution >= 4 is 29.1 Å². The van der Waals surface area contributed by atoms with Crippen LogP contribution in [0, 0.1) is 10.1 Å². The molecule has 1 aromatic rings. The average molecular weight is 270 g/mol. The zero-order valence-electron chi connectivity index (χ0n) is 9.92. The molecule has 0 heterocycles. The van der Waals surface area contributed by atoms with Crippen LogP contribution in [0.5, 0.6) is 0 Å². The maximum Gasteiger partial charge on any atom is 0.306 e. The van der Waals surface area contributed by atoms with Gasteiger partial charge in [0.05, 0.1) is 18.5 Å². The third-order valence-electron chi connectivity index (χ3n) is 2.24. The van der Waals surface area contributed by atoms with Gasteiger partial charge < -0.3 is 10.5 Å². The number of methoxy groups -OCH3 is 1. The van der Waals surface area contributed by atoms with E-state index in [4.69, 9.17) is 5.73 Å². The highest BCUT2D eigenvalue weighted by Gasteiger charge is 2.11. The van der Waals surface area contributed by atoms with Gasteiger partial charge in [-0.15, -0.1) is 0 Å². The van der Waals surface area contributed by atoms with Crippen molar-refractivity contribution in [3.05, 3.63) is 33.9 Å². The van der Waals surface area contributed by atoms with Crippen LogP contribution in [0.15, 0.2) is 18.2 Å². The first-order chi connectivity index (χ1) is 8.54. The predicted molar refractivity (Wildman–Crippen MR) is 70.3 cm³/mol. The van der Waals surface area contributed by atoms with E-state index in [1.807, 2.05) is 0 Å². The van der Waals surface area contributed by atoms with Gasteiger partial charge in [0.15, 0.2) is 0 Å². The van der Waals surface area contributed by atoms with E-state index in [1.165, 1.54) is 13.2 Å². The minimum absolute atomic E-state index is 0.0849. The molecule has 0 bridgehead atoms. The van der Waals surface area contributed by atoms with Gasteiger partial charge in [0.2, 0.25) is 0 Å². The van der Waals surface area contributed by atoms with Crippen LogP contribution >= 0.6 is 11.8 Å². The molecular formula is C11H14N2O4S. The molecule has 0 amide bonds. The first kappa shape index (κ1) is 14.3. The monoisotopic (exact) mass is 270 g/mol. The lowest BCUT2D eigenvalue weighted by Gasteiger charge is -2.03. The van der Waals surface area contributed by atoms with Crippen LogP contribution in [0.4, 0.5) is 11.4 Å². The highest BCUT2D eigenvalue weighted by atomic mass is 32.2. The van der Waals surface area contributed by atoms with Crippen molar-refractivity contribution in [3.8, 4) is 0 Å². The molecule has 0 spiro atoms. The number of hydrogen-bond donors (Lipinski definition) is 1. The number of benzene rings is 1. The second-order valence-corrected chi connectivity index (χ2v) is 4.63. The first-order valence-electron chi connectivity index (χ1n) is 5.22. The lowest BCUT2D eigenvalue weighted by atomic mass is 10.2. The topological polar surface area (TPSA) is 95.5 Å². The van der Waals surface area contributed by atoms with Crippen LogP contribution in [0.2, 0.25) is 0 Å². The summed E-state index contributed by atoms with van der Waals surface area (Å²) in [5, 5.41) is 10.6. The Kier molecular flexibility index (Phi) is 5.44. The van der Waals surface area contributed by atoms with E-state index in [0.29, 0.717) is 17.9 Å². The van der Waals surface area contributed by atoms with Gasteiger partial charge in [-0.2, -0.15) is 11.8 Å². The summed E-state index contributed by atoms with van der Waals surface area (Å²) < 4.78 is 4.52. The smallest absolute Gasteiger partial charge is 0.306 e. The molecule has 0 atom stereocenters. The quantitative estimate of drug-likeness (QED) is 0.279. The molecule has 0 saturated carbocycles. The van der Waals surface area contributed by atoms with E-state index >= 15 is 0 Å². The fraction of sp³-hybridized carbons (Fsp3) is 0.364. The van der Waals surface area contributed by atoms with Crippen molar-refractivity contribution in [3.63, 3.8) is 0 Å². The summed E-state index contributed by atoms with van der Waals surface area (Å²) in [6.45, 7) is 0. The number of rotatable bonds is 6. The highest BCUT2D eigenvalue weighted by Crippen LogP contribution is 2.24. The van der Waals surface area contributed by atoms with Crippen molar-refractivity contribution < 1.29 is 14.5 Å². The van der Waals surface area contributed by atoms with Crippen molar-refractivity contribution in [2.45, 2.75) is 12.2 Å². The molecule has 0 aliphatic rings. The summed E-state index contributed by atoms with van der Waals surface area (Å²) in [4.78, 5) is 20.9. The number of nitrogens with two attached hydrogens (primary N) is 1. The maximum atomic E-state index is 10.9. The molecular weight excluding hydrogens is 256 g/mol. The summed E-state index contributed by atoms with van der Waals surface area (Å²) in [6.07, 6.45) is 0.351. The molecule has 6 nitrogen and oxygen atoms in total. The SMILES string of the molecule is COC(=O)CCSCc1ccc([N+](=O)[O-])c(N)c1. The van der Waals surface area contributed by atoms with E-state index in [9.17, 15) is 14.9 Å². The van der Waals surface area contributed by atoms with Gasteiger partial charge in [-0.3, -0.25) is 14.9 Å². The normalized spacial score (nSPS) is 10.1. The molecule has 0 aromatic heterocycles. The zero-order chi connectivity index (χ0) is 13.5. The Labute approximate surface area is 109 Å². The number of ether oxygens (including phenoxy) is 1. The van der Waals surface area contributed by atoms with Crippen molar-refractivity contribution in [2.75, 3.05) is 18.6 Å². The average Bonchev–Trinajstić information content (AvgIpc) is 2.34. The van der Waals surface area contributed by atoms with Crippen LogP contribution in [-0.2, 0) is 15.3 Å². The number of thioether (sulfide) groups is 1. The Balaban J connectivity index is 2.46. The van der Waals surface area contributed by atoms with Gasteiger partial charge in [0, 0.05) is 17.6 Å². The first-order valence-corrected chi connectivity index (χ1v) is 6.37. The number of nitrogen functional groups attached to an aromatic ring is 1. The number of hydrogen-bond acceptors (Lipinski definition) is 6. The number of esters is 1. The Bertz CT molecular complexity index is 451. The molecule has 0 fully saturated rings. The molecule has 18 heavy (non-hydrogen) atoms. The van der Waals surface area contributed by atoms with Gasteiger partial charge in [-0.25, -0.2) is 0 Å². The van der Waals surface area contributed by atoms with Crippen LogP contribution in [0.25, 0.3) is 0 Å². The minimum Gasteiger partial charge on any atom is -0.469 e. The van der Waals surface area contributed by atoms with Crippen molar-refractivity contribution in [2.24, 2.45) is 0 Å². The lowest BCUT2D eigenvalue weighted by molar-refractivity contribution is -0.383. The molecule has 0 unspecified atom stereocenters. The largest absolute Gasteiger partial charge is 0.469 e. The van der Waals surface area contributed by atoms with Gasteiger partial charge in [0.25, 0.3) is 5.69 Å². The summed E-state index contributed by atoms with van der Waals surface area (Å²) >= 11 is 1.55. The van der Waals surface area contributed by atoms with E-state index in [-0.39, 0.29) is 17.3 Å². The number of nitrogens with zero attached hydrogens (tertiary/aromatic N) is 1. The molecule has 1 aromatic carbocycles. The highest BCUT2D eigenvalue weighted by molar-refractivity contribution is 7.98. The zero-order valence-corrected chi connectivity index (χ0v) is 10.7. The van der Waals surface area contributed by atoms with Crippen molar-refractivity contribution in [1.29, 1.82) is 0 Å². The molecule has 2 N–H and O–H groups in total. The summed E-state index contributed by atoms with van der Waals surface area (Å²) in [6, 6.07) is 4.65. The van der Waals surface area contributed by atoms with Crippen LogP contribution in [0.1, 0.15) is 12.0 Å². The molecule has 98 valence electrons. The lowest BCUT2D eigenvalue weighted by Crippen LogP contribution is -2.01. The third kappa shape index (κ3) is 4.25. The van der Waals surface area contributed by atoms with E-state index in [1.54, 1.807) is 23.9 Å². The number of nitro benzene ring substituents is 1. The van der Waals surface area contributed by atoms with Gasteiger partial charge in [0.1, 0.15) is 5.69 Å². The number of nitro groups is 1. The molecule has 0 aliphatic carbocycles. The number of anilines is 1. The summed E-state index contributed by atoms with van der Waals surface area (Å²) in [7, 11) is 1.35. The Morgan fingerprint density at radius 2 is 2.28 bits per heavy atom. The third-order valence-corrected chi connectivity index (χ3v) is 3.27. The molecule has 0 aliphatic heterocycles. The number of carbonyl (C=O) groups is 1. The van der Waals surface area contributed by atoms with Gasteiger partial charge in [-0.05, 0) is 11.6 Å². The van der Waals surface area contributed by atoms with Crippen LogP contribution < -0.4 is 5.73 Å². The summed E-state index contributed by atoms with van der Waals surface area (Å²) in [5.74, 6) is 1.05. The number of carbonyl (C=O) groups excluding carboxylic acids is 1. The van der Waals surface area contributed by atoms with Crippen molar-refractivity contribution in [1.82, 2.24) is 0 Å². The predicted octanol–water partition coefficient (Wildman–Crippen LogP) is 1.97. The van der Waals surface area contributed by atoms with E-state index < -0.39 is 4.92 Å². The Hall–Kier alpha value is -1.76. The molecule has 0 radical (unpaired) electrons. The minimum atomic E-state index is -0.510. The summed E-state index contributed by atoms with van der Waals surface area (Å²) in [5.41, 5.74) is 6.54. The second kappa shape index (κ2) is 6.85. The maximum absolute atomic E-state index is 10.9. The second-order valence-electron chi connectivity index (χ2n) is 3.53. The van der Waals surface area contributed by atoms with Crippen LogP contribution in [0.3, 0.4) is 0 Å². The molecule has 7 heteroatoms. The van der Waals surface area contributed by atoms with E-state index in [2.05, 4.69) is 4.74 Å². The Morgan fingerprint density at radius 3 is 2.83 bits per heavy atom. The van der Waals surface area contributed by atoms with E-state index in [0.717, 1.165) is 5.56 Å².